The van der Waals surface area contributed by atoms with E-state index >= 15 is 0 Å². The highest BCUT2D eigenvalue weighted by molar-refractivity contribution is 6.33. The molecular formula is C21H30ClN3O3. The summed E-state index contributed by atoms with van der Waals surface area (Å²) >= 11 is 6.03. The number of hydrogen-bond acceptors (Lipinski definition) is 4. The van der Waals surface area contributed by atoms with Crippen LogP contribution in [0.4, 0.5) is 0 Å². The van der Waals surface area contributed by atoms with E-state index < -0.39 is 0 Å². The highest BCUT2D eigenvalue weighted by Crippen LogP contribution is 2.33. The maximum atomic E-state index is 12.4. The highest BCUT2D eigenvalue weighted by atomic mass is 35.5. The summed E-state index contributed by atoms with van der Waals surface area (Å²) < 4.78 is 5.50. The maximum Gasteiger partial charge on any atom is 0.252 e. The second-order valence-electron chi connectivity index (χ2n) is 7.65. The monoisotopic (exact) mass is 407 g/mol. The van der Waals surface area contributed by atoms with Gasteiger partial charge in [-0.15, -0.1) is 0 Å². The molecule has 7 heteroatoms. The second-order valence-corrected chi connectivity index (χ2v) is 8.05. The molecular weight excluding hydrogens is 378 g/mol. The molecule has 28 heavy (non-hydrogen) atoms. The fourth-order valence-electron chi connectivity index (χ4n) is 4.23. The fraction of sp³-hybridized carbons (Fsp3) is 0.619. The molecule has 2 aliphatic rings. The van der Waals surface area contributed by atoms with Crippen LogP contribution < -0.4 is 10.6 Å². The summed E-state index contributed by atoms with van der Waals surface area (Å²) in [6.07, 6.45) is 6.19. The summed E-state index contributed by atoms with van der Waals surface area (Å²) in [4.78, 5) is 27.0. The molecule has 0 bridgehead atoms. The van der Waals surface area contributed by atoms with Gasteiger partial charge in [-0.25, -0.2) is 0 Å². The van der Waals surface area contributed by atoms with E-state index in [0.717, 1.165) is 39.1 Å². The molecule has 1 heterocycles. The van der Waals surface area contributed by atoms with Crippen LogP contribution in [0.15, 0.2) is 24.3 Å². The molecule has 1 aliphatic carbocycles. The first-order valence-corrected chi connectivity index (χ1v) is 10.6. The van der Waals surface area contributed by atoms with Gasteiger partial charge in [-0.05, 0) is 25.0 Å². The SMILES string of the molecule is O=C(CCNC(=O)c1ccccc1Cl)NCC1(N2CCOCC2)CCCCC1. The van der Waals surface area contributed by atoms with E-state index in [1.807, 2.05) is 0 Å². The molecule has 3 rings (SSSR count). The van der Waals surface area contributed by atoms with Crippen molar-refractivity contribution in [2.45, 2.75) is 44.1 Å². The third kappa shape index (κ3) is 5.46. The molecule has 1 aliphatic heterocycles. The predicted molar refractivity (Wildman–Crippen MR) is 110 cm³/mol. The Morgan fingerprint density at radius 1 is 1.07 bits per heavy atom. The smallest absolute Gasteiger partial charge is 0.252 e. The molecule has 0 atom stereocenters. The summed E-state index contributed by atoms with van der Waals surface area (Å²) in [5, 5.41) is 6.30. The number of halogens is 1. The van der Waals surface area contributed by atoms with Gasteiger partial charge < -0.3 is 15.4 Å². The first-order chi connectivity index (χ1) is 13.6. The Balaban J connectivity index is 1.45. The first kappa shape index (κ1) is 21.1. The molecule has 2 fully saturated rings. The van der Waals surface area contributed by atoms with Crippen LogP contribution >= 0.6 is 11.6 Å². The Labute approximate surface area is 171 Å². The quantitative estimate of drug-likeness (QED) is 0.728. The molecule has 0 spiro atoms. The van der Waals surface area contributed by atoms with Crippen LogP contribution in [0.25, 0.3) is 0 Å². The van der Waals surface area contributed by atoms with E-state index in [-0.39, 0.29) is 23.8 Å². The zero-order valence-electron chi connectivity index (χ0n) is 16.3. The van der Waals surface area contributed by atoms with Crippen molar-refractivity contribution in [3.8, 4) is 0 Å². The molecule has 1 saturated heterocycles. The summed E-state index contributed by atoms with van der Waals surface area (Å²) in [6, 6.07) is 6.90. The van der Waals surface area contributed by atoms with Crippen molar-refractivity contribution in [3.63, 3.8) is 0 Å². The minimum Gasteiger partial charge on any atom is -0.379 e. The topological polar surface area (TPSA) is 70.7 Å². The number of carbonyl (C=O) groups excluding carboxylic acids is 2. The minimum absolute atomic E-state index is 0.0299. The van der Waals surface area contributed by atoms with Crippen molar-refractivity contribution in [1.82, 2.24) is 15.5 Å². The highest BCUT2D eigenvalue weighted by Gasteiger charge is 2.38. The van der Waals surface area contributed by atoms with Gasteiger partial charge >= 0.3 is 0 Å². The number of amides is 2. The molecule has 1 aromatic carbocycles. The van der Waals surface area contributed by atoms with E-state index in [1.165, 1.54) is 19.3 Å². The molecule has 1 saturated carbocycles. The molecule has 0 unspecified atom stereocenters. The standard InChI is InChI=1S/C21H30ClN3O3/c22-18-7-3-2-6-17(18)20(27)23-11-8-19(26)24-16-21(9-4-1-5-10-21)25-12-14-28-15-13-25/h2-3,6-7H,1,4-5,8-16H2,(H,23,27)(H,24,26). The minimum atomic E-state index is -0.254. The fourth-order valence-corrected chi connectivity index (χ4v) is 4.46. The van der Waals surface area contributed by atoms with Crippen molar-refractivity contribution in [1.29, 1.82) is 0 Å². The Hall–Kier alpha value is -1.63. The van der Waals surface area contributed by atoms with Crippen molar-refractivity contribution in [2.24, 2.45) is 0 Å². The Bertz CT molecular complexity index is 671. The second kappa shape index (κ2) is 10.2. The lowest BCUT2D eigenvalue weighted by atomic mass is 9.79. The van der Waals surface area contributed by atoms with Crippen LogP contribution in [0.5, 0.6) is 0 Å². The lowest BCUT2D eigenvalue weighted by molar-refractivity contribution is -0.122. The van der Waals surface area contributed by atoms with Crippen LogP contribution in [0.2, 0.25) is 5.02 Å². The number of nitrogens with one attached hydrogen (secondary N) is 2. The summed E-state index contributed by atoms with van der Waals surface area (Å²) in [5.74, 6) is -0.284. The van der Waals surface area contributed by atoms with Gasteiger partial charge in [0, 0.05) is 38.1 Å². The normalized spacial score (nSPS) is 19.8. The van der Waals surface area contributed by atoms with Crippen LogP contribution in [0.1, 0.15) is 48.9 Å². The van der Waals surface area contributed by atoms with Crippen LogP contribution in [-0.4, -0.2) is 61.6 Å². The predicted octanol–water partition coefficient (Wildman–Crippen LogP) is 2.61. The van der Waals surface area contributed by atoms with Crippen molar-refractivity contribution in [3.05, 3.63) is 34.9 Å². The number of rotatable bonds is 7. The van der Waals surface area contributed by atoms with E-state index in [4.69, 9.17) is 16.3 Å². The van der Waals surface area contributed by atoms with E-state index in [9.17, 15) is 9.59 Å². The lowest BCUT2D eigenvalue weighted by Crippen LogP contribution is -2.59. The summed E-state index contributed by atoms with van der Waals surface area (Å²) in [5.41, 5.74) is 0.483. The van der Waals surface area contributed by atoms with Gasteiger partial charge in [-0.3, -0.25) is 14.5 Å². The molecule has 0 aromatic heterocycles. The van der Waals surface area contributed by atoms with Crippen molar-refractivity contribution >= 4 is 23.4 Å². The van der Waals surface area contributed by atoms with Crippen LogP contribution in [0, 0.1) is 0 Å². The van der Waals surface area contributed by atoms with E-state index in [1.54, 1.807) is 24.3 Å². The molecule has 2 N–H and O–H groups in total. The maximum absolute atomic E-state index is 12.4. The van der Waals surface area contributed by atoms with Crippen LogP contribution in [-0.2, 0) is 9.53 Å². The zero-order chi connectivity index (χ0) is 19.8. The van der Waals surface area contributed by atoms with Gasteiger partial charge in [-0.2, -0.15) is 0 Å². The Kier molecular flexibility index (Phi) is 7.71. The molecule has 2 amide bonds. The lowest BCUT2D eigenvalue weighted by Gasteiger charge is -2.48. The van der Waals surface area contributed by atoms with E-state index in [2.05, 4.69) is 15.5 Å². The average Bonchev–Trinajstić information content (AvgIpc) is 2.74. The third-order valence-electron chi connectivity index (χ3n) is 5.84. The Morgan fingerprint density at radius 3 is 2.50 bits per heavy atom. The van der Waals surface area contributed by atoms with Gasteiger partial charge in [-0.1, -0.05) is 43.0 Å². The average molecular weight is 408 g/mol. The van der Waals surface area contributed by atoms with Gasteiger partial charge in [0.15, 0.2) is 0 Å². The van der Waals surface area contributed by atoms with Gasteiger partial charge in [0.05, 0.1) is 23.8 Å². The van der Waals surface area contributed by atoms with Crippen molar-refractivity contribution < 1.29 is 14.3 Å². The summed E-state index contributed by atoms with van der Waals surface area (Å²) in [7, 11) is 0. The number of nitrogens with zero attached hydrogens (tertiary/aromatic N) is 1. The first-order valence-electron chi connectivity index (χ1n) is 10.2. The van der Waals surface area contributed by atoms with Gasteiger partial charge in [0.25, 0.3) is 5.91 Å². The zero-order valence-corrected chi connectivity index (χ0v) is 17.1. The number of ether oxygens (including phenoxy) is 1. The summed E-state index contributed by atoms with van der Waals surface area (Å²) in [6.45, 7) is 4.37. The van der Waals surface area contributed by atoms with Gasteiger partial charge in [0.2, 0.25) is 5.91 Å². The number of carbonyl (C=O) groups is 2. The molecule has 0 radical (unpaired) electrons. The van der Waals surface area contributed by atoms with E-state index in [0.29, 0.717) is 23.7 Å². The largest absolute Gasteiger partial charge is 0.379 e. The number of benzene rings is 1. The third-order valence-corrected chi connectivity index (χ3v) is 6.17. The molecule has 6 nitrogen and oxygen atoms in total. The van der Waals surface area contributed by atoms with Crippen molar-refractivity contribution in [2.75, 3.05) is 39.4 Å². The Morgan fingerprint density at radius 2 is 1.79 bits per heavy atom. The number of morpholine rings is 1. The molecule has 1 aromatic rings. The molecule has 154 valence electrons. The van der Waals surface area contributed by atoms with Crippen LogP contribution in [0.3, 0.4) is 0 Å². The number of hydrogen-bond donors (Lipinski definition) is 2. The van der Waals surface area contributed by atoms with Gasteiger partial charge in [0.1, 0.15) is 0 Å².